The van der Waals surface area contributed by atoms with Crippen molar-refractivity contribution in [1.29, 1.82) is 0 Å². The maximum absolute atomic E-state index is 11.4. The van der Waals surface area contributed by atoms with E-state index < -0.39 is 0 Å². The van der Waals surface area contributed by atoms with Gasteiger partial charge in [-0.3, -0.25) is 4.79 Å². The van der Waals surface area contributed by atoms with Crippen LogP contribution in [0.5, 0.6) is 5.75 Å². The normalized spacial score (nSPS) is 10.1. The highest BCUT2D eigenvalue weighted by Crippen LogP contribution is 2.34. The molecule has 1 N–H and O–H groups in total. The summed E-state index contributed by atoms with van der Waals surface area (Å²) >= 11 is 6.83. The summed E-state index contributed by atoms with van der Waals surface area (Å²) in [5.74, 6) is 0.789. The second-order valence-corrected chi connectivity index (χ2v) is 7.30. The van der Waals surface area contributed by atoms with E-state index in [4.69, 9.17) is 4.74 Å². The summed E-state index contributed by atoms with van der Waals surface area (Å²) in [6.07, 6.45) is 0. The minimum Gasteiger partial charge on any atom is -0.497 e. The molecule has 126 valence electrons. The lowest BCUT2D eigenvalue weighted by Crippen LogP contribution is -1.90. The maximum Gasteiger partial charge on any atom is 0.226 e. The molecule has 3 rings (SSSR count). The molecule has 1 aromatic carbocycles. The van der Waals surface area contributed by atoms with Gasteiger partial charge in [0.2, 0.25) is 5.12 Å². The van der Waals surface area contributed by atoms with Gasteiger partial charge in [-0.25, -0.2) is 4.98 Å². The molecule has 24 heavy (non-hydrogen) atoms. The first-order valence-electron chi connectivity index (χ1n) is 6.77. The maximum atomic E-state index is 11.4. The lowest BCUT2D eigenvalue weighted by atomic mass is 10.2. The van der Waals surface area contributed by atoms with Gasteiger partial charge in [0, 0.05) is 27.6 Å². The number of ether oxygens (including phenoxy) is 1. The van der Waals surface area contributed by atoms with Crippen LogP contribution < -0.4 is 10.1 Å². The fourth-order valence-corrected chi connectivity index (χ4v) is 3.92. The third-order valence-corrected chi connectivity index (χ3v) is 5.43. The van der Waals surface area contributed by atoms with E-state index in [-0.39, 0.29) is 22.1 Å². The van der Waals surface area contributed by atoms with E-state index in [9.17, 15) is 4.79 Å². The topological polar surface area (TPSA) is 51.2 Å². The number of anilines is 2. The second-order valence-electron chi connectivity index (χ2n) is 4.78. The monoisotopic (exact) mass is 442 g/mol. The molecule has 3 aromatic rings. The number of aromatic nitrogens is 1. The molecule has 0 spiro atoms. The fraction of sp³-hybridized carbons (Fsp3) is 0.125. The molecule has 0 bridgehead atoms. The number of nitrogens with one attached hydrogen (secondary N) is 1. The van der Waals surface area contributed by atoms with Gasteiger partial charge in [0.15, 0.2) is 5.13 Å². The van der Waals surface area contributed by atoms with Crippen molar-refractivity contribution < 1.29 is 9.53 Å². The van der Waals surface area contributed by atoms with E-state index in [2.05, 4.69) is 22.9 Å². The zero-order valence-corrected chi connectivity index (χ0v) is 17.1. The molecule has 8 heteroatoms. The summed E-state index contributed by atoms with van der Waals surface area (Å²) in [4.78, 5) is 17.7. The highest BCUT2D eigenvalue weighted by atomic mass is 79.9. The van der Waals surface area contributed by atoms with Crippen molar-refractivity contribution in [3.63, 3.8) is 0 Å². The molecule has 0 aliphatic heterocycles. The average Bonchev–Trinajstić information content (AvgIpc) is 3.14. The van der Waals surface area contributed by atoms with Gasteiger partial charge in [-0.2, -0.15) is 0 Å². The number of methoxy groups -OCH3 is 1. The minimum atomic E-state index is -0.214. The standard InChI is InChI=1S/C16H14N2O2S3.BrH/c1-9-12(7-14(23-9)15(19)21)13-8-22-16(18-13)17-10-4-3-5-11(6-10)20-2;/h3-8H,1-2H3,(H,17,18)(H,19,21);1H. The van der Waals surface area contributed by atoms with Gasteiger partial charge in [0.1, 0.15) is 5.75 Å². The number of hydrogen-bond acceptors (Lipinski definition) is 6. The molecule has 0 saturated carbocycles. The Balaban J connectivity index is 0.00000208. The summed E-state index contributed by atoms with van der Waals surface area (Å²) in [6.45, 7) is 1.98. The molecule has 0 fully saturated rings. The van der Waals surface area contributed by atoms with E-state index in [1.165, 1.54) is 22.7 Å². The van der Waals surface area contributed by atoms with E-state index in [0.717, 1.165) is 32.7 Å². The molecule has 0 aliphatic rings. The van der Waals surface area contributed by atoms with Crippen molar-refractivity contribution in [2.45, 2.75) is 6.92 Å². The van der Waals surface area contributed by atoms with Gasteiger partial charge >= 0.3 is 0 Å². The van der Waals surface area contributed by atoms with Gasteiger partial charge in [-0.15, -0.1) is 39.7 Å². The quantitative estimate of drug-likeness (QED) is 0.506. The van der Waals surface area contributed by atoms with E-state index >= 15 is 0 Å². The van der Waals surface area contributed by atoms with Crippen molar-refractivity contribution in [3.8, 4) is 17.0 Å². The summed E-state index contributed by atoms with van der Waals surface area (Å²) in [5, 5.41) is 5.82. The van der Waals surface area contributed by atoms with Crippen LogP contribution in [-0.4, -0.2) is 17.2 Å². The predicted octanol–water partition coefficient (Wildman–Crippen LogP) is 5.58. The molecule has 4 nitrogen and oxygen atoms in total. The van der Waals surface area contributed by atoms with Crippen molar-refractivity contribution >= 4 is 68.2 Å². The Morgan fingerprint density at radius 1 is 1.33 bits per heavy atom. The number of thiazole rings is 1. The van der Waals surface area contributed by atoms with Crippen molar-refractivity contribution in [2.75, 3.05) is 12.4 Å². The van der Waals surface area contributed by atoms with Gasteiger partial charge in [0.25, 0.3) is 0 Å². The van der Waals surface area contributed by atoms with Crippen LogP contribution in [-0.2, 0) is 0 Å². The van der Waals surface area contributed by atoms with Crippen LogP contribution in [0.2, 0.25) is 0 Å². The number of thiophene rings is 1. The molecule has 0 amide bonds. The van der Waals surface area contributed by atoms with Crippen LogP contribution in [0.3, 0.4) is 0 Å². The van der Waals surface area contributed by atoms with Gasteiger partial charge in [-0.05, 0) is 25.1 Å². The zero-order chi connectivity index (χ0) is 16.4. The number of halogens is 1. The van der Waals surface area contributed by atoms with Gasteiger partial charge in [-0.1, -0.05) is 18.7 Å². The van der Waals surface area contributed by atoms with Crippen LogP contribution in [0.25, 0.3) is 11.3 Å². The summed E-state index contributed by atoms with van der Waals surface area (Å²) in [5.41, 5.74) is 2.75. The first-order chi connectivity index (χ1) is 11.1. The first kappa shape index (κ1) is 19.0. The largest absolute Gasteiger partial charge is 0.497 e. The number of carbonyl (C=O) groups excluding carboxylic acids is 1. The highest BCUT2D eigenvalue weighted by Gasteiger charge is 2.14. The van der Waals surface area contributed by atoms with Crippen LogP contribution in [0.1, 0.15) is 14.5 Å². The van der Waals surface area contributed by atoms with Crippen LogP contribution in [0.4, 0.5) is 10.8 Å². The Morgan fingerprint density at radius 3 is 2.79 bits per heavy atom. The van der Waals surface area contributed by atoms with Crippen LogP contribution in [0.15, 0.2) is 35.7 Å². The Hall–Kier alpha value is -1.35. The number of nitrogens with zero attached hydrogens (tertiary/aromatic N) is 1. The molecule has 2 aromatic heterocycles. The van der Waals surface area contributed by atoms with Crippen LogP contribution in [0, 0.1) is 6.92 Å². The fourth-order valence-electron chi connectivity index (χ4n) is 2.12. The van der Waals surface area contributed by atoms with Gasteiger partial charge < -0.3 is 10.1 Å². The Labute approximate surface area is 164 Å². The summed E-state index contributed by atoms with van der Waals surface area (Å²) < 4.78 is 5.21. The molecular weight excluding hydrogens is 428 g/mol. The molecule has 0 aliphatic carbocycles. The summed E-state index contributed by atoms with van der Waals surface area (Å²) in [6, 6.07) is 9.53. The third-order valence-electron chi connectivity index (χ3n) is 3.23. The average molecular weight is 443 g/mol. The molecule has 0 atom stereocenters. The number of carbonyl (C=O) groups is 1. The number of aryl methyl sites for hydroxylation is 1. The lowest BCUT2D eigenvalue weighted by Gasteiger charge is -2.04. The highest BCUT2D eigenvalue weighted by molar-refractivity contribution is 8.93. The minimum absolute atomic E-state index is 0. The molecule has 0 unspecified atom stereocenters. The van der Waals surface area contributed by atoms with E-state index in [1.54, 1.807) is 7.11 Å². The van der Waals surface area contributed by atoms with Crippen molar-refractivity contribution in [3.05, 3.63) is 45.5 Å². The van der Waals surface area contributed by atoms with E-state index in [1.807, 2.05) is 42.6 Å². The number of rotatable bonds is 5. The predicted molar refractivity (Wildman–Crippen MR) is 110 cm³/mol. The Morgan fingerprint density at radius 2 is 2.12 bits per heavy atom. The van der Waals surface area contributed by atoms with Crippen molar-refractivity contribution in [1.82, 2.24) is 4.98 Å². The zero-order valence-electron chi connectivity index (χ0n) is 12.9. The number of benzene rings is 1. The van der Waals surface area contributed by atoms with Crippen molar-refractivity contribution in [2.24, 2.45) is 0 Å². The van der Waals surface area contributed by atoms with E-state index in [0.29, 0.717) is 4.88 Å². The second kappa shape index (κ2) is 8.15. The van der Waals surface area contributed by atoms with Gasteiger partial charge in [0.05, 0.1) is 17.7 Å². The van der Waals surface area contributed by atoms with Crippen LogP contribution >= 0.6 is 52.3 Å². The first-order valence-corrected chi connectivity index (χ1v) is 8.92. The Bertz CT molecular complexity index is 861. The lowest BCUT2D eigenvalue weighted by molar-refractivity contribution is 0.109. The number of thiol groups is 1. The number of hydrogen-bond donors (Lipinski definition) is 2. The summed E-state index contributed by atoms with van der Waals surface area (Å²) in [7, 11) is 1.64. The Kier molecular flexibility index (Phi) is 6.45. The smallest absolute Gasteiger partial charge is 0.226 e. The molecule has 2 heterocycles. The third kappa shape index (κ3) is 4.18. The molecule has 0 saturated heterocycles. The molecular formula is C16H15BrN2O2S3. The molecule has 0 radical (unpaired) electrons. The SMILES string of the molecule is Br.COc1cccc(Nc2nc(-c3cc(C(=O)S)sc3C)cs2)c1.